The van der Waals surface area contributed by atoms with E-state index in [1.807, 2.05) is 62.8 Å². The molecule has 0 aliphatic heterocycles. The summed E-state index contributed by atoms with van der Waals surface area (Å²) in [6.45, 7) is 7.54. The number of likely N-dealkylation sites (N-methyl/N-ethyl adjacent to an activating group) is 2. The zero-order valence-corrected chi connectivity index (χ0v) is 23.2. The Balaban J connectivity index is 1.60. The van der Waals surface area contributed by atoms with Gasteiger partial charge in [-0.1, -0.05) is 6.07 Å². The molecule has 2 heterocycles. The van der Waals surface area contributed by atoms with Gasteiger partial charge in [0.2, 0.25) is 5.95 Å². The van der Waals surface area contributed by atoms with Gasteiger partial charge < -0.3 is 30.2 Å². The molecule has 3 N–H and O–H groups in total. The number of ether oxygens (including phenoxy) is 1. The van der Waals surface area contributed by atoms with Gasteiger partial charge in [0.1, 0.15) is 0 Å². The van der Waals surface area contributed by atoms with Crippen LogP contribution in [-0.4, -0.2) is 65.7 Å². The normalized spacial score (nSPS) is 11.4. The second kappa shape index (κ2) is 11.1. The summed E-state index contributed by atoms with van der Waals surface area (Å²) in [5.41, 5.74) is 13.2. The number of nitrogens with two attached hydrogens (primary N) is 1. The summed E-state index contributed by atoms with van der Waals surface area (Å²) < 4.78 is 7.35. The van der Waals surface area contributed by atoms with Gasteiger partial charge in [-0.25, -0.2) is 14.8 Å². The minimum atomic E-state index is -0.331. The summed E-state index contributed by atoms with van der Waals surface area (Å²) in [6, 6.07) is 11.5. The highest BCUT2D eigenvalue weighted by atomic mass is 16.5. The fraction of sp³-hybridized carbons (Fsp3) is 0.345. The standard InChI is InChI=1S/C29H37N7O2/c1-18(2)38-28(37)20-8-9-21-22(17-36(7)26(21)15-20)24-10-11-31-29(32-24)33-25-16-23(30)27(14-19(25)3)35(6)13-12-34(4)5/h8-11,14-18H,12-13,30H2,1-7H3,(H,31,32,33). The number of hydrogen-bond donors (Lipinski definition) is 2. The van der Waals surface area contributed by atoms with Crippen molar-refractivity contribution in [2.75, 3.05) is 50.2 Å². The van der Waals surface area contributed by atoms with Crippen LogP contribution < -0.4 is 16.0 Å². The molecule has 0 bridgehead atoms. The highest BCUT2D eigenvalue weighted by molar-refractivity contribution is 6.00. The SMILES string of the molecule is Cc1cc(N(C)CCN(C)C)c(N)cc1Nc1nccc(-c2cn(C)c3cc(C(=O)OC(C)C)ccc23)n1. The fourth-order valence-corrected chi connectivity index (χ4v) is 4.33. The number of nitrogens with zero attached hydrogens (tertiary/aromatic N) is 5. The van der Waals surface area contributed by atoms with Crippen LogP contribution >= 0.6 is 0 Å². The van der Waals surface area contributed by atoms with Crippen molar-refractivity contribution in [2.45, 2.75) is 26.9 Å². The number of anilines is 4. The summed E-state index contributed by atoms with van der Waals surface area (Å²) in [6.07, 6.45) is 3.57. The van der Waals surface area contributed by atoms with Crippen molar-refractivity contribution in [3.05, 3.63) is 59.9 Å². The van der Waals surface area contributed by atoms with E-state index in [0.717, 1.165) is 52.2 Å². The molecular weight excluding hydrogens is 478 g/mol. The van der Waals surface area contributed by atoms with Crippen LogP contribution in [0, 0.1) is 6.92 Å². The Morgan fingerprint density at radius 1 is 1.13 bits per heavy atom. The van der Waals surface area contributed by atoms with Gasteiger partial charge in [-0.3, -0.25) is 0 Å². The van der Waals surface area contributed by atoms with Crippen molar-refractivity contribution in [2.24, 2.45) is 7.05 Å². The predicted molar refractivity (Wildman–Crippen MR) is 155 cm³/mol. The van der Waals surface area contributed by atoms with Crippen molar-refractivity contribution in [3.8, 4) is 11.3 Å². The van der Waals surface area contributed by atoms with Crippen molar-refractivity contribution in [3.63, 3.8) is 0 Å². The van der Waals surface area contributed by atoms with Crippen LogP contribution in [0.3, 0.4) is 0 Å². The number of rotatable bonds is 9. The molecule has 2 aromatic carbocycles. The van der Waals surface area contributed by atoms with Gasteiger partial charge in [0.15, 0.2) is 0 Å². The quantitative estimate of drug-likeness (QED) is 0.241. The molecule has 200 valence electrons. The molecule has 0 radical (unpaired) electrons. The Kier molecular flexibility index (Phi) is 7.87. The maximum atomic E-state index is 12.4. The molecule has 0 aliphatic carbocycles. The lowest BCUT2D eigenvalue weighted by atomic mass is 10.1. The highest BCUT2D eigenvalue weighted by Crippen LogP contribution is 2.33. The number of carbonyl (C=O) groups is 1. The van der Waals surface area contributed by atoms with E-state index in [1.165, 1.54) is 0 Å². The molecule has 0 saturated heterocycles. The molecule has 0 fully saturated rings. The van der Waals surface area contributed by atoms with Crippen LogP contribution in [0.25, 0.3) is 22.2 Å². The predicted octanol–water partition coefficient (Wildman–Crippen LogP) is 4.83. The molecule has 0 spiro atoms. The lowest BCUT2D eigenvalue weighted by Crippen LogP contribution is -2.29. The number of benzene rings is 2. The Labute approximate surface area is 224 Å². The van der Waals surface area contributed by atoms with E-state index in [-0.39, 0.29) is 12.1 Å². The monoisotopic (exact) mass is 515 g/mol. The molecule has 9 nitrogen and oxygen atoms in total. The van der Waals surface area contributed by atoms with Crippen LogP contribution in [0.2, 0.25) is 0 Å². The fourth-order valence-electron chi connectivity index (χ4n) is 4.33. The van der Waals surface area contributed by atoms with Crippen LogP contribution in [0.15, 0.2) is 48.8 Å². The van der Waals surface area contributed by atoms with Gasteiger partial charge in [0.25, 0.3) is 0 Å². The number of esters is 1. The number of nitrogen functional groups attached to an aromatic ring is 1. The van der Waals surface area contributed by atoms with Crippen LogP contribution in [-0.2, 0) is 11.8 Å². The first-order chi connectivity index (χ1) is 18.0. The topological polar surface area (TPSA) is 102 Å². The molecule has 4 aromatic rings. The van der Waals surface area contributed by atoms with Crippen molar-refractivity contribution in [1.29, 1.82) is 0 Å². The van der Waals surface area contributed by atoms with Crippen molar-refractivity contribution < 1.29 is 9.53 Å². The van der Waals surface area contributed by atoms with E-state index in [2.05, 4.69) is 47.3 Å². The number of aromatic nitrogens is 3. The Morgan fingerprint density at radius 3 is 2.61 bits per heavy atom. The molecule has 0 aliphatic rings. The first kappa shape index (κ1) is 26.9. The zero-order chi connectivity index (χ0) is 27.6. The maximum Gasteiger partial charge on any atom is 0.338 e. The molecule has 4 rings (SSSR count). The Hall–Kier alpha value is -4.11. The van der Waals surface area contributed by atoms with Crippen LogP contribution in [0.5, 0.6) is 0 Å². The van der Waals surface area contributed by atoms with E-state index in [1.54, 1.807) is 12.3 Å². The minimum Gasteiger partial charge on any atom is -0.459 e. The number of hydrogen-bond acceptors (Lipinski definition) is 8. The molecule has 38 heavy (non-hydrogen) atoms. The second-order valence-corrected chi connectivity index (χ2v) is 10.2. The molecule has 0 amide bonds. The van der Waals surface area contributed by atoms with Gasteiger partial charge in [0.05, 0.1) is 28.7 Å². The lowest BCUT2D eigenvalue weighted by molar-refractivity contribution is 0.0378. The Bertz CT molecular complexity index is 1460. The minimum absolute atomic E-state index is 0.173. The van der Waals surface area contributed by atoms with E-state index >= 15 is 0 Å². The third-order valence-corrected chi connectivity index (χ3v) is 6.41. The average molecular weight is 516 g/mol. The summed E-state index contributed by atoms with van der Waals surface area (Å²) >= 11 is 0. The summed E-state index contributed by atoms with van der Waals surface area (Å²) in [5, 5.41) is 4.33. The molecule has 0 unspecified atom stereocenters. The smallest absolute Gasteiger partial charge is 0.338 e. The van der Waals surface area contributed by atoms with Gasteiger partial charge >= 0.3 is 5.97 Å². The lowest BCUT2D eigenvalue weighted by Gasteiger charge is -2.24. The average Bonchev–Trinajstić information content (AvgIpc) is 3.20. The molecule has 0 saturated carbocycles. The third-order valence-electron chi connectivity index (χ3n) is 6.41. The first-order valence-corrected chi connectivity index (χ1v) is 12.7. The largest absolute Gasteiger partial charge is 0.459 e. The molecular formula is C29H37N7O2. The van der Waals surface area contributed by atoms with Gasteiger partial charge in [-0.2, -0.15) is 0 Å². The van der Waals surface area contributed by atoms with E-state index in [4.69, 9.17) is 15.5 Å². The summed E-state index contributed by atoms with van der Waals surface area (Å²) in [5.74, 6) is 0.149. The van der Waals surface area contributed by atoms with Crippen LogP contribution in [0.4, 0.5) is 23.0 Å². The van der Waals surface area contributed by atoms with E-state index in [0.29, 0.717) is 17.2 Å². The molecule has 0 atom stereocenters. The van der Waals surface area contributed by atoms with Gasteiger partial charge in [-0.15, -0.1) is 0 Å². The third kappa shape index (κ3) is 5.89. The van der Waals surface area contributed by atoms with Gasteiger partial charge in [-0.05, 0) is 70.8 Å². The van der Waals surface area contributed by atoms with E-state index < -0.39 is 0 Å². The molecule has 2 aromatic heterocycles. The zero-order valence-electron chi connectivity index (χ0n) is 23.2. The number of fused-ring (bicyclic) bond motifs is 1. The number of carbonyl (C=O) groups excluding carboxylic acids is 1. The number of aryl methyl sites for hydroxylation is 2. The summed E-state index contributed by atoms with van der Waals surface area (Å²) in [7, 11) is 8.12. The Morgan fingerprint density at radius 2 is 1.89 bits per heavy atom. The van der Waals surface area contributed by atoms with E-state index in [9.17, 15) is 4.79 Å². The van der Waals surface area contributed by atoms with Crippen molar-refractivity contribution >= 4 is 39.9 Å². The summed E-state index contributed by atoms with van der Waals surface area (Å²) in [4.78, 5) is 25.9. The maximum absolute atomic E-state index is 12.4. The molecule has 9 heteroatoms. The highest BCUT2D eigenvalue weighted by Gasteiger charge is 2.16. The first-order valence-electron chi connectivity index (χ1n) is 12.7. The number of nitrogens with one attached hydrogen (secondary N) is 1. The second-order valence-electron chi connectivity index (χ2n) is 10.2. The van der Waals surface area contributed by atoms with Crippen molar-refractivity contribution in [1.82, 2.24) is 19.4 Å². The van der Waals surface area contributed by atoms with Crippen LogP contribution in [0.1, 0.15) is 29.8 Å². The van der Waals surface area contributed by atoms with Gasteiger partial charge in [0, 0.05) is 61.7 Å².